The lowest BCUT2D eigenvalue weighted by molar-refractivity contribution is 0.418. The van der Waals surface area contributed by atoms with E-state index in [-0.39, 0.29) is 5.76 Å². The normalized spacial score (nSPS) is 13.2. The Balaban J connectivity index is -0.000000239. The van der Waals surface area contributed by atoms with Gasteiger partial charge in [0.2, 0.25) is 0 Å². The Morgan fingerprint density at radius 3 is 1.80 bits per heavy atom. The first-order chi connectivity index (χ1) is 9.51. The minimum atomic E-state index is 0.100. The SMILES string of the molecule is C=C/C(=C\C(=C)O)CCC.CC.CCC.NC1CCC1. The zero-order valence-corrected chi connectivity index (χ0v) is 14.4. The summed E-state index contributed by atoms with van der Waals surface area (Å²) in [6.45, 7) is 17.3. The molecule has 0 aliphatic heterocycles. The molecule has 0 aromatic rings. The van der Waals surface area contributed by atoms with E-state index < -0.39 is 0 Å². The number of nitrogens with two attached hydrogens (primary N) is 1. The Bertz CT molecular complexity index is 240. The van der Waals surface area contributed by atoms with Crippen LogP contribution < -0.4 is 5.73 Å². The minimum absolute atomic E-state index is 0.100. The monoisotopic (exact) mass is 283 g/mol. The topological polar surface area (TPSA) is 46.2 Å². The highest BCUT2D eigenvalue weighted by Gasteiger charge is 2.09. The molecular formula is C18H37NO. The van der Waals surface area contributed by atoms with Crippen LogP contribution in [0.2, 0.25) is 0 Å². The molecule has 2 heteroatoms. The lowest BCUT2D eigenvalue weighted by Crippen LogP contribution is -2.27. The van der Waals surface area contributed by atoms with Gasteiger partial charge in [-0.3, -0.25) is 0 Å². The fraction of sp³-hybridized carbons (Fsp3) is 0.667. The van der Waals surface area contributed by atoms with Crippen LogP contribution in [0.3, 0.4) is 0 Å². The van der Waals surface area contributed by atoms with Gasteiger partial charge in [0.1, 0.15) is 5.76 Å². The molecule has 1 aliphatic rings. The third-order valence-corrected chi connectivity index (χ3v) is 2.30. The standard InChI is InChI=1S/C9H14O.C4H9N.C3H8.C2H6/c1-4-6-9(5-2)7-8(3)10;5-4-2-1-3-4;1-3-2;1-2/h5,7,10H,2-4,6H2,1H3;4H,1-3,5H2;3H2,1-2H3;1-2H3/b9-7+;;;. The summed E-state index contributed by atoms with van der Waals surface area (Å²) in [6, 6.07) is 0.565. The molecule has 1 rings (SSSR count). The first kappa shape index (κ1) is 24.0. The second-order valence-corrected chi connectivity index (χ2v) is 4.56. The van der Waals surface area contributed by atoms with Gasteiger partial charge in [0.05, 0.1) is 0 Å². The fourth-order valence-corrected chi connectivity index (χ4v) is 1.18. The maximum atomic E-state index is 8.76. The Labute approximate surface area is 127 Å². The maximum absolute atomic E-state index is 8.76. The van der Waals surface area contributed by atoms with Gasteiger partial charge in [-0.15, -0.1) is 0 Å². The van der Waals surface area contributed by atoms with Gasteiger partial charge in [0.25, 0.3) is 0 Å². The first-order valence-electron chi connectivity index (χ1n) is 7.98. The van der Waals surface area contributed by atoms with Crippen LogP contribution in [0.5, 0.6) is 0 Å². The summed E-state index contributed by atoms with van der Waals surface area (Å²) in [5.41, 5.74) is 6.42. The van der Waals surface area contributed by atoms with Crippen molar-refractivity contribution in [2.75, 3.05) is 0 Å². The van der Waals surface area contributed by atoms with E-state index >= 15 is 0 Å². The maximum Gasteiger partial charge on any atom is 0.108 e. The summed E-state index contributed by atoms with van der Waals surface area (Å²) in [4.78, 5) is 0. The van der Waals surface area contributed by atoms with E-state index in [1.807, 2.05) is 13.8 Å². The van der Waals surface area contributed by atoms with Crippen LogP contribution >= 0.6 is 0 Å². The number of aliphatic hydroxyl groups excluding tert-OH is 1. The van der Waals surface area contributed by atoms with Crippen LogP contribution in [0.25, 0.3) is 0 Å². The van der Waals surface area contributed by atoms with Crippen molar-refractivity contribution in [3.63, 3.8) is 0 Å². The number of hydrogen-bond acceptors (Lipinski definition) is 2. The van der Waals surface area contributed by atoms with E-state index in [4.69, 9.17) is 10.8 Å². The van der Waals surface area contributed by atoms with Crippen LogP contribution in [0.15, 0.2) is 36.6 Å². The Kier molecular flexibility index (Phi) is 24.4. The predicted molar refractivity (Wildman–Crippen MR) is 94.1 cm³/mol. The summed E-state index contributed by atoms with van der Waals surface area (Å²) in [6.07, 6.45) is 10.5. The van der Waals surface area contributed by atoms with Crippen LogP contribution in [0, 0.1) is 0 Å². The molecule has 1 fully saturated rings. The van der Waals surface area contributed by atoms with Crippen molar-refractivity contribution in [1.82, 2.24) is 0 Å². The van der Waals surface area contributed by atoms with E-state index in [9.17, 15) is 0 Å². The number of rotatable bonds is 4. The van der Waals surface area contributed by atoms with E-state index in [0.717, 1.165) is 18.4 Å². The van der Waals surface area contributed by atoms with E-state index in [1.165, 1.54) is 25.7 Å². The van der Waals surface area contributed by atoms with Crippen molar-refractivity contribution in [3.8, 4) is 0 Å². The highest BCUT2D eigenvalue weighted by molar-refractivity contribution is 5.23. The van der Waals surface area contributed by atoms with Gasteiger partial charge in [-0.2, -0.15) is 0 Å². The highest BCUT2D eigenvalue weighted by Crippen LogP contribution is 2.14. The molecule has 0 heterocycles. The molecule has 3 N–H and O–H groups in total. The molecule has 0 unspecified atom stereocenters. The van der Waals surface area contributed by atoms with Gasteiger partial charge >= 0.3 is 0 Å². The molecular weight excluding hydrogens is 246 g/mol. The zero-order valence-electron chi connectivity index (χ0n) is 14.4. The molecule has 0 radical (unpaired) electrons. The molecule has 0 saturated heterocycles. The fourth-order valence-electron chi connectivity index (χ4n) is 1.18. The van der Waals surface area contributed by atoms with Crippen molar-refractivity contribution < 1.29 is 5.11 Å². The summed E-state index contributed by atoms with van der Waals surface area (Å²) in [5.74, 6) is 0.100. The highest BCUT2D eigenvalue weighted by atomic mass is 16.3. The average molecular weight is 284 g/mol. The van der Waals surface area contributed by atoms with Gasteiger partial charge in [0, 0.05) is 6.04 Å². The molecule has 0 aromatic heterocycles. The third kappa shape index (κ3) is 22.2. The Morgan fingerprint density at radius 1 is 1.25 bits per heavy atom. The molecule has 1 aliphatic carbocycles. The van der Waals surface area contributed by atoms with Gasteiger partial charge in [0.15, 0.2) is 0 Å². The molecule has 0 aromatic carbocycles. The smallest absolute Gasteiger partial charge is 0.108 e. The molecule has 0 amide bonds. The van der Waals surface area contributed by atoms with Crippen molar-refractivity contribution in [2.45, 2.75) is 79.2 Å². The largest absolute Gasteiger partial charge is 0.509 e. The number of aliphatic hydroxyl groups is 1. The van der Waals surface area contributed by atoms with Gasteiger partial charge in [-0.25, -0.2) is 0 Å². The van der Waals surface area contributed by atoms with E-state index in [1.54, 1.807) is 12.2 Å². The summed E-state index contributed by atoms with van der Waals surface area (Å²) in [5, 5.41) is 8.76. The predicted octanol–water partition coefficient (Wildman–Crippen LogP) is 5.91. The van der Waals surface area contributed by atoms with Crippen molar-refractivity contribution in [2.24, 2.45) is 5.73 Å². The zero-order chi connectivity index (χ0) is 16.4. The lowest BCUT2D eigenvalue weighted by Gasteiger charge is -2.18. The molecule has 120 valence electrons. The second-order valence-electron chi connectivity index (χ2n) is 4.56. The molecule has 0 atom stereocenters. The molecule has 1 saturated carbocycles. The average Bonchev–Trinajstić information content (AvgIpc) is 2.39. The summed E-state index contributed by atoms with van der Waals surface area (Å²) >= 11 is 0. The second kappa shape index (κ2) is 20.3. The van der Waals surface area contributed by atoms with Crippen molar-refractivity contribution in [3.05, 3.63) is 36.6 Å². The molecule has 0 spiro atoms. The van der Waals surface area contributed by atoms with Crippen LogP contribution in [0.1, 0.15) is 73.1 Å². The van der Waals surface area contributed by atoms with Gasteiger partial charge in [-0.05, 0) is 30.9 Å². The van der Waals surface area contributed by atoms with Gasteiger partial charge in [-0.1, -0.05) is 73.1 Å². The number of hydrogen-bond donors (Lipinski definition) is 2. The van der Waals surface area contributed by atoms with E-state index in [2.05, 4.69) is 33.9 Å². The van der Waals surface area contributed by atoms with Crippen LogP contribution in [0.4, 0.5) is 0 Å². The Hall–Kier alpha value is -1.02. The van der Waals surface area contributed by atoms with E-state index in [0.29, 0.717) is 6.04 Å². The van der Waals surface area contributed by atoms with Crippen molar-refractivity contribution in [1.29, 1.82) is 0 Å². The summed E-state index contributed by atoms with van der Waals surface area (Å²) < 4.78 is 0. The molecule has 2 nitrogen and oxygen atoms in total. The van der Waals surface area contributed by atoms with Crippen LogP contribution in [-0.2, 0) is 0 Å². The summed E-state index contributed by atoms with van der Waals surface area (Å²) in [7, 11) is 0. The minimum Gasteiger partial charge on any atom is -0.509 e. The quantitative estimate of drug-likeness (QED) is 0.497. The molecule has 0 bridgehead atoms. The third-order valence-electron chi connectivity index (χ3n) is 2.30. The van der Waals surface area contributed by atoms with Crippen molar-refractivity contribution >= 4 is 0 Å². The lowest BCUT2D eigenvalue weighted by atomic mass is 9.95. The Morgan fingerprint density at radius 2 is 1.65 bits per heavy atom. The van der Waals surface area contributed by atoms with Crippen LogP contribution in [-0.4, -0.2) is 11.1 Å². The first-order valence-corrected chi connectivity index (χ1v) is 7.98. The molecule has 20 heavy (non-hydrogen) atoms. The van der Waals surface area contributed by atoms with Gasteiger partial charge < -0.3 is 10.8 Å². The number of allylic oxidation sites excluding steroid dienone is 3.